The lowest BCUT2D eigenvalue weighted by Gasteiger charge is -2.42. The van der Waals surface area contributed by atoms with Crippen molar-refractivity contribution in [3.63, 3.8) is 0 Å². The van der Waals surface area contributed by atoms with E-state index < -0.39 is 5.41 Å². The van der Waals surface area contributed by atoms with Crippen molar-refractivity contribution in [3.05, 3.63) is 65.2 Å². The van der Waals surface area contributed by atoms with E-state index in [1.54, 1.807) is 0 Å². The van der Waals surface area contributed by atoms with Gasteiger partial charge in [0.05, 0.1) is 26.9 Å². The third kappa shape index (κ3) is 4.31. The Bertz CT molecular complexity index is 757. The number of hydrogen-bond acceptors (Lipinski definition) is 5. The van der Waals surface area contributed by atoms with E-state index in [0.29, 0.717) is 19.9 Å². The average molecular weight is 369 g/mol. The van der Waals surface area contributed by atoms with E-state index in [2.05, 4.69) is 30.9 Å². The van der Waals surface area contributed by atoms with Gasteiger partial charge in [-0.05, 0) is 30.5 Å². The molecule has 0 spiro atoms. The van der Waals surface area contributed by atoms with Gasteiger partial charge in [-0.3, -0.25) is 4.79 Å². The van der Waals surface area contributed by atoms with Gasteiger partial charge in [-0.15, -0.1) is 0 Å². The van der Waals surface area contributed by atoms with Gasteiger partial charge in [-0.1, -0.05) is 48.5 Å². The summed E-state index contributed by atoms with van der Waals surface area (Å²) in [5, 5.41) is 0. The predicted molar refractivity (Wildman–Crippen MR) is 105 cm³/mol. The zero-order valence-corrected chi connectivity index (χ0v) is 16.2. The summed E-state index contributed by atoms with van der Waals surface area (Å²) in [5.41, 5.74) is 3.64. The minimum Gasteiger partial charge on any atom is -0.468 e. The van der Waals surface area contributed by atoms with Crippen LogP contribution in [-0.2, 0) is 25.6 Å². The number of nitrogens with zero attached hydrogens (tertiary/aromatic N) is 1. The highest BCUT2D eigenvalue weighted by Gasteiger charge is 2.45. The lowest BCUT2D eigenvalue weighted by atomic mass is 9.87. The molecule has 0 aromatic heterocycles. The summed E-state index contributed by atoms with van der Waals surface area (Å²) in [7, 11) is 1.42. The van der Waals surface area contributed by atoms with E-state index >= 15 is 0 Å². The van der Waals surface area contributed by atoms with E-state index in [4.69, 9.17) is 14.2 Å². The lowest BCUT2D eigenvalue weighted by molar-refractivity contribution is -0.165. The lowest BCUT2D eigenvalue weighted by Crippen LogP contribution is -2.55. The molecule has 2 aromatic rings. The van der Waals surface area contributed by atoms with Crippen molar-refractivity contribution in [2.75, 3.05) is 38.5 Å². The Morgan fingerprint density at radius 3 is 2.48 bits per heavy atom. The number of carbonyl (C=O) groups excluding carboxylic acids is 1. The third-order valence-electron chi connectivity index (χ3n) is 4.98. The molecule has 0 aliphatic carbocycles. The van der Waals surface area contributed by atoms with Crippen LogP contribution >= 0.6 is 0 Å². The van der Waals surface area contributed by atoms with Crippen LogP contribution in [0.3, 0.4) is 0 Å². The summed E-state index contributed by atoms with van der Waals surface area (Å²) in [6, 6.07) is 16.1. The molecule has 5 heteroatoms. The number of aryl methyl sites for hydroxylation is 2. The fourth-order valence-corrected chi connectivity index (χ4v) is 3.68. The molecule has 0 saturated carbocycles. The van der Waals surface area contributed by atoms with E-state index in [1.807, 2.05) is 36.4 Å². The Kier molecular flexibility index (Phi) is 6.14. The van der Waals surface area contributed by atoms with Crippen molar-refractivity contribution in [3.8, 4) is 0 Å². The number of hydrogen-bond donors (Lipinski definition) is 0. The number of ether oxygens (including phenoxy) is 3. The fraction of sp³-hybridized carbons (Fsp3) is 0.409. The Morgan fingerprint density at radius 2 is 1.81 bits per heavy atom. The number of anilines is 1. The van der Waals surface area contributed by atoms with Crippen LogP contribution in [0.1, 0.15) is 16.7 Å². The topological polar surface area (TPSA) is 48.0 Å². The molecule has 0 amide bonds. The number of rotatable bonds is 6. The molecular weight excluding hydrogens is 342 g/mol. The number of carbonyl (C=O) groups is 1. The highest BCUT2D eigenvalue weighted by molar-refractivity contribution is 5.78. The Morgan fingerprint density at radius 1 is 1.11 bits per heavy atom. The number of methoxy groups -OCH3 is 1. The molecular formula is C22H27NO4. The van der Waals surface area contributed by atoms with Crippen LogP contribution in [0.25, 0.3) is 0 Å². The summed E-state index contributed by atoms with van der Waals surface area (Å²) >= 11 is 0. The maximum Gasteiger partial charge on any atom is 0.318 e. The van der Waals surface area contributed by atoms with Crippen LogP contribution in [0.15, 0.2) is 48.5 Å². The van der Waals surface area contributed by atoms with E-state index in [9.17, 15) is 4.79 Å². The first-order chi connectivity index (χ1) is 13.1. The van der Waals surface area contributed by atoms with Gasteiger partial charge in [0.15, 0.2) is 0 Å². The van der Waals surface area contributed by atoms with Gasteiger partial charge in [0.25, 0.3) is 0 Å². The minimum atomic E-state index is -0.851. The Labute approximate surface area is 160 Å². The Hall–Kier alpha value is -2.37. The van der Waals surface area contributed by atoms with Crippen molar-refractivity contribution in [2.45, 2.75) is 20.5 Å². The summed E-state index contributed by atoms with van der Waals surface area (Å²) in [6.45, 7) is 6.07. The molecule has 144 valence electrons. The van der Waals surface area contributed by atoms with Crippen LogP contribution in [0.2, 0.25) is 0 Å². The summed E-state index contributed by atoms with van der Waals surface area (Å²) in [4.78, 5) is 14.8. The first-order valence-electron chi connectivity index (χ1n) is 9.15. The molecule has 1 atom stereocenters. The van der Waals surface area contributed by atoms with Gasteiger partial charge in [0, 0.05) is 12.2 Å². The minimum absolute atomic E-state index is 0.246. The van der Waals surface area contributed by atoms with Gasteiger partial charge < -0.3 is 19.1 Å². The molecule has 1 aliphatic heterocycles. The van der Waals surface area contributed by atoms with Crippen LogP contribution in [0, 0.1) is 19.3 Å². The van der Waals surface area contributed by atoms with Gasteiger partial charge in [-0.2, -0.15) is 0 Å². The quantitative estimate of drug-likeness (QED) is 0.730. The molecule has 1 heterocycles. The van der Waals surface area contributed by atoms with Gasteiger partial charge in [0.1, 0.15) is 12.1 Å². The molecule has 1 unspecified atom stereocenters. The fourth-order valence-electron chi connectivity index (χ4n) is 3.68. The molecule has 3 rings (SSSR count). The SMILES string of the molecule is COC(=O)C1(COCc2ccccc2)COCN(c2c(C)cccc2C)C1. The highest BCUT2D eigenvalue weighted by atomic mass is 16.5. The molecule has 2 aromatic carbocycles. The smallest absolute Gasteiger partial charge is 0.318 e. The van der Waals surface area contributed by atoms with E-state index in [1.165, 1.54) is 7.11 Å². The average Bonchev–Trinajstić information content (AvgIpc) is 2.68. The third-order valence-corrected chi connectivity index (χ3v) is 4.98. The van der Waals surface area contributed by atoms with Crippen molar-refractivity contribution < 1.29 is 19.0 Å². The van der Waals surface area contributed by atoms with Crippen LogP contribution in [0.5, 0.6) is 0 Å². The van der Waals surface area contributed by atoms with E-state index in [-0.39, 0.29) is 19.2 Å². The molecule has 1 saturated heterocycles. The van der Waals surface area contributed by atoms with E-state index in [0.717, 1.165) is 22.4 Å². The molecule has 1 fully saturated rings. The van der Waals surface area contributed by atoms with Crippen LogP contribution < -0.4 is 4.90 Å². The number of esters is 1. The molecule has 0 radical (unpaired) electrons. The van der Waals surface area contributed by atoms with Gasteiger partial charge >= 0.3 is 5.97 Å². The largest absolute Gasteiger partial charge is 0.468 e. The second kappa shape index (κ2) is 8.55. The molecule has 5 nitrogen and oxygen atoms in total. The maximum absolute atomic E-state index is 12.7. The first-order valence-corrected chi connectivity index (χ1v) is 9.15. The number of para-hydroxylation sites is 1. The van der Waals surface area contributed by atoms with Gasteiger partial charge in [0.2, 0.25) is 0 Å². The first kappa shape index (κ1) is 19.4. The maximum atomic E-state index is 12.7. The zero-order valence-electron chi connectivity index (χ0n) is 16.2. The van der Waals surface area contributed by atoms with Crippen molar-refractivity contribution in [2.24, 2.45) is 5.41 Å². The predicted octanol–water partition coefficient (Wildman–Crippen LogP) is 3.47. The molecule has 0 N–H and O–H groups in total. The number of benzene rings is 2. The summed E-state index contributed by atoms with van der Waals surface area (Å²) in [6.07, 6.45) is 0. The monoisotopic (exact) mass is 369 g/mol. The normalized spacial score (nSPS) is 19.7. The van der Waals surface area contributed by atoms with Crippen molar-refractivity contribution in [1.82, 2.24) is 0 Å². The highest BCUT2D eigenvalue weighted by Crippen LogP contribution is 2.33. The van der Waals surface area contributed by atoms with Crippen molar-refractivity contribution >= 4 is 11.7 Å². The Balaban J connectivity index is 1.78. The molecule has 1 aliphatic rings. The molecule has 27 heavy (non-hydrogen) atoms. The van der Waals surface area contributed by atoms with Crippen molar-refractivity contribution in [1.29, 1.82) is 0 Å². The molecule has 0 bridgehead atoms. The van der Waals surface area contributed by atoms with Crippen LogP contribution in [0.4, 0.5) is 5.69 Å². The van der Waals surface area contributed by atoms with Crippen LogP contribution in [-0.4, -0.2) is 39.6 Å². The summed E-state index contributed by atoms with van der Waals surface area (Å²) in [5.74, 6) is -0.300. The zero-order chi connectivity index (χ0) is 19.3. The summed E-state index contributed by atoms with van der Waals surface area (Å²) < 4.78 is 16.9. The van der Waals surface area contributed by atoms with Gasteiger partial charge in [-0.25, -0.2) is 0 Å². The second-order valence-electron chi connectivity index (χ2n) is 7.17. The second-order valence-corrected chi connectivity index (χ2v) is 7.17. The standard InChI is InChI=1S/C22H27NO4/c1-17-8-7-9-18(2)20(17)23-13-22(15-27-16-23,21(24)25-3)14-26-12-19-10-5-4-6-11-19/h4-11H,12-16H2,1-3H3.